The van der Waals surface area contributed by atoms with Gasteiger partial charge in [-0.3, -0.25) is 0 Å². The van der Waals surface area contributed by atoms with E-state index in [0.29, 0.717) is 0 Å². The molecule has 0 bridgehead atoms. The Balaban J connectivity index is 2.61. The Kier molecular flexibility index (Phi) is 2.77. The highest BCUT2D eigenvalue weighted by Crippen LogP contribution is 2.43. The second-order valence-electron chi connectivity index (χ2n) is 4.69. The molecule has 0 radical (unpaired) electrons. The molecule has 0 N–H and O–H groups in total. The smallest absolute Gasteiger partial charge is 0.167 e. The average Bonchev–Trinajstić information content (AvgIpc) is 2.29. The Morgan fingerprint density at radius 3 is 2.47 bits per heavy atom. The van der Waals surface area contributed by atoms with Crippen LogP contribution in [-0.4, -0.2) is 19.8 Å². The number of hydrogen-bond donors (Lipinski definition) is 0. The number of hydrogen-bond acceptors (Lipinski definition) is 3. The van der Waals surface area contributed by atoms with Crippen molar-refractivity contribution in [3.8, 4) is 17.2 Å². The molecule has 0 spiro atoms. The standard InChI is InChI=1S/C14H18O3/c1-9-12-10(6-7-14(2,3)17-12)8-11(15-4)13(9)16-5/h6-8H,1-5H3. The monoisotopic (exact) mass is 234 g/mol. The van der Waals surface area contributed by atoms with Crippen LogP contribution >= 0.6 is 0 Å². The molecule has 0 fully saturated rings. The van der Waals surface area contributed by atoms with Crippen molar-refractivity contribution >= 4 is 6.08 Å². The lowest BCUT2D eigenvalue weighted by Crippen LogP contribution is -2.28. The van der Waals surface area contributed by atoms with Crippen LogP contribution in [0.25, 0.3) is 6.08 Å². The van der Waals surface area contributed by atoms with E-state index in [1.54, 1.807) is 14.2 Å². The van der Waals surface area contributed by atoms with Gasteiger partial charge in [-0.15, -0.1) is 0 Å². The van der Waals surface area contributed by atoms with Gasteiger partial charge in [-0.25, -0.2) is 0 Å². The third kappa shape index (κ3) is 1.97. The van der Waals surface area contributed by atoms with Crippen molar-refractivity contribution in [2.75, 3.05) is 14.2 Å². The van der Waals surface area contributed by atoms with E-state index < -0.39 is 0 Å². The maximum atomic E-state index is 5.97. The molecule has 1 aromatic carbocycles. The molecular weight excluding hydrogens is 216 g/mol. The lowest BCUT2D eigenvalue weighted by atomic mass is 9.99. The van der Waals surface area contributed by atoms with Crippen LogP contribution < -0.4 is 14.2 Å². The summed E-state index contributed by atoms with van der Waals surface area (Å²) in [6, 6.07) is 1.94. The van der Waals surface area contributed by atoms with Gasteiger partial charge >= 0.3 is 0 Å². The van der Waals surface area contributed by atoms with Gasteiger partial charge in [0, 0.05) is 11.1 Å². The minimum absolute atomic E-state index is 0.280. The Morgan fingerprint density at radius 2 is 1.88 bits per heavy atom. The molecule has 0 saturated carbocycles. The summed E-state index contributed by atoms with van der Waals surface area (Å²) in [6.07, 6.45) is 4.11. The first-order chi connectivity index (χ1) is 7.98. The maximum absolute atomic E-state index is 5.97. The fraction of sp³-hybridized carbons (Fsp3) is 0.429. The molecule has 3 nitrogen and oxygen atoms in total. The molecule has 0 aliphatic carbocycles. The van der Waals surface area contributed by atoms with E-state index in [1.807, 2.05) is 32.9 Å². The lowest BCUT2D eigenvalue weighted by Gasteiger charge is -2.30. The van der Waals surface area contributed by atoms with E-state index in [9.17, 15) is 0 Å². The average molecular weight is 234 g/mol. The summed E-state index contributed by atoms with van der Waals surface area (Å²) >= 11 is 0. The van der Waals surface area contributed by atoms with Crippen LogP contribution in [0.15, 0.2) is 12.1 Å². The Labute approximate surface area is 102 Å². The fourth-order valence-electron chi connectivity index (χ4n) is 2.03. The van der Waals surface area contributed by atoms with Crippen LogP contribution in [0, 0.1) is 6.92 Å². The van der Waals surface area contributed by atoms with E-state index in [0.717, 1.165) is 28.4 Å². The molecule has 0 aromatic heterocycles. The largest absolute Gasteiger partial charge is 0.493 e. The molecule has 1 heterocycles. The number of ether oxygens (including phenoxy) is 3. The highest BCUT2D eigenvalue weighted by molar-refractivity contribution is 5.69. The van der Waals surface area contributed by atoms with Crippen LogP contribution in [0.3, 0.4) is 0 Å². The zero-order chi connectivity index (χ0) is 12.6. The Morgan fingerprint density at radius 1 is 1.18 bits per heavy atom. The van der Waals surface area contributed by atoms with Crippen molar-refractivity contribution in [2.24, 2.45) is 0 Å². The maximum Gasteiger partial charge on any atom is 0.167 e. The van der Waals surface area contributed by atoms with E-state index in [2.05, 4.69) is 6.08 Å². The lowest BCUT2D eigenvalue weighted by molar-refractivity contribution is 0.156. The number of fused-ring (bicyclic) bond motifs is 1. The normalized spacial score (nSPS) is 16.1. The molecule has 92 valence electrons. The van der Waals surface area contributed by atoms with Gasteiger partial charge in [0.1, 0.15) is 11.4 Å². The predicted octanol–water partition coefficient (Wildman–Crippen LogP) is 3.20. The van der Waals surface area contributed by atoms with Crippen LogP contribution in [0.2, 0.25) is 0 Å². The number of rotatable bonds is 2. The van der Waals surface area contributed by atoms with Crippen molar-refractivity contribution in [3.63, 3.8) is 0 Å². The second-order valence-corrected chi connectivity index (χ2v) is 4.69. The van der Waals surface area contributed by atoms with Crippen LogP contribution in [0.1, 0.15) is 25.0 Å². The van der Waals surface area contributed by atoms with Crippen molar-refractivity contribution in [1.29, 1.82) is 0 Å². The summed E-state index contributed by atoms with van der Waals surface area (Å²) in [7, 11) is 3.28. The minimum atomic E-state index is -0.280. The molecule has 2 rings (SSSR count). The van der Waals surface area contributed by atoms with E-state index in [4.69, 9.17) is 14.2 Å². The Bertz CT molecular complexity index is 473. The third-order valence-electron chi connectivity index (χ3n) is 2.91. The molecule has 0 amide bonds. The van der Waals surface area contributed by atoms with Gasteiger partial charge in [0.15, 0.2) is 11.5 Å². The van der Waals surface area contributed by atoms with E-state index >= 15 is 0 Å². The second kappa shape index (κ2) is 3.99. The highest BCUT2D eigenvalue weighted by atomic mass is 16.5. The molecule has 1 aromatic rings. The summed E-state index contributed by atoms with van der Waals surface area (Å²) in [5.74, 6) is 2.34. The molecule has 1 aliphatic rings. The Hall–Kier alpha value is -1.64. The van der Waals surface area contributed by atoms with Crippen molar-refractivity contribution in [3.05, 3.63) is 23.3 Å². The predicted molar refractivity (Wildman–Crippen MR) is 68.0 cm³/mol. The van der Waals surface area contributed by atoms with Gasteiger partial charge in [0.2, 0.25) is 0 Å². The molecule has 0 atom stereocenters. The van der Waals surface area contributed by atoms with E-state index in [1.165, 1.54) is 0 Å². The molecule has 1 aliphatic heterocycles. The molecule has 17 heavy (non-hydrogen) atoms. The summed E-state index contributed by atoms with van der Waals surface area (Å²) in [5.41, 5.74) is 1.72. The van der Waals surface area contributed by atoms with E-state index in [-0.39, 0.29) is 5.60 Å². The fourth-order valence-corrected chi connectivity index (χ4v) is 2.03. The highest BCUT2D eigenvalue weighted by Gasteiger charge is 2.26. The summed E-state index contributed by atoms with van der Waals surface area (Å²) in [5, 5.41) is 0. The summed E-state index contributed by atoms with van der Waals surface area (Å²) in [6.45, 7) is 6.04. The van der Waals surface area contributed by atoms with Gasteiger partial charge in [0.05, 0.1) is 14.2 Å². The quantitative estimate of drug-likeness (QED) is 0.786. The number of benzene rings is 1. The minimum Gasteiger partial charge on any atom is -0.493 e. The van der Waals surface area contributed by atoms with Crippen LogP contribution in [0.5, 0.6) is 17.2 Å². The first kappa shape index (κ1) is 11.8. The van der Waals surface area contributed by atoms with Crippen LogP contribution in [0.4, 0.5) is 0 Å². The summed E-state index contributed by atoms with van der Waals surface area (Å²) in [4.78, 5) is 0. The zero-order valence-corrected chi connectivity index (χ0v) is 11.0. The molecule has 0 unspecified atom stereocenters. The SMILES string of the molecule is COc1cc2c(c(C)c1OC)OC(C)(C)C=C2. The number of methoxy groups -OCH3 is 2. The van der Waals surface area contributed by atoms with Crippen LogP contribution in [-0.2, 0) is 0 Å². The van der Waals surface area contributed by atoms with Gasteiger partial charge in [0.25, 0.3) is 0 Å². The van der Waals surface area contributed by atoms with Gasteiger partial charge in [-0.1, -0.05) is 6.08 Å². The molecular formula is C14H18O3. The van der Waals surface area contributed by atoms with Gasteiger partial charge in [-0.2, -0.15) is 0 Å². The molecule has 3 heteroatoms. The first-order valence-electron chi connectivity index (χ1n) is 5.62. The van der Waals surface area contributed by atoms with Gasteiger partial charge < -0.3 is 14.2 Å². The molecule has 0 saturated heterocycles. The van der Waals surface area contributed by atoms with Crippen molar-refractivity contribution in [1.82, 2.24) is 0 Å². The third-order valence-corrected chi connectivity index (χ3v) is 2.91. The van der Waals surface area contributed by atoms with Gasteiger partial charge in [-0.05, 0) is 32.9 Å². The van der Waals surface area contributed by atoms with Crippen molar-refractivity contribution < 1.29 is 14.2 Å². The summed E-state index contributed by atoms with van der Waals surface area (Å²) < 4.78 is 16.7. The van der Waals surface area contributed by atoms with Crippen molar-refractivity contribution in [2.45, 2.75) is 26.4 Å². The topological polar surface area (TPSA) is 27.7 Å². The zero-order valence-electron chi connectivity index (χ0n) is 11.0. The first-order valence-corrected chi connectivity index (χ1v) is 5.62.